The lowest BCUT2D eigenvalue weighted by Gasteiger charge is -1.98. The van der Waals surface area contributed by atoms with Crippen molar-refractivity contribution < 1.29 is 15.0 Å². The molecule has 0 aliphatic rings. The van der Waals surface area contributed by atoms with E-state index in [0.29, 0.717) is 15.4 Å². The van der Waals surface area contributed by atoms with Gasteiger partial charge in [0.05, 0.1) is 9.99 Å². The minimum absolute atomic E-state index is 0.0303. The third-order valence-electron chi connectivity index (χ3n) is 3.10. The summed E-state index contributed by atoms with van der Waals surface area (Å²) in [5.41, 5.74) is 1.18. The first-order valence-corrected chi connectivity index (χ1v) is 7.10. The molecule has 110 valence electrons. The minimum atomic E-state index is -0.578. The van der Waals surface area contributed by atoms with Gasteiger partial charge in [-0.15, -0.1) is 10.2 Å². The lowest BCUT2D eigenvalue weighted by atomic mass is 10.2. The number of azo groups is 1. The Morgan fingerprint density at radius 3 is 2.68 bits per heavy atom. The first-order chi connectivity index (χ1) is 10.6. The van der Waals surface area contributed by atoms with Crippen molar-refractivity contribution in [3.8, 4) is 11.6 Å². The third kappa shape index (κ3) is 2.58. The predicted octanol–water partition coefficient (Wildman–Crippen LogP) is 4.27. The number of para-hydroxylation sites is 1. The summed E-state index contributed by atoms with van der Waals surface area (Å²) < 4.78 is 0.392. The summed E-state index contributed by atoms with van der Waals surface area (Å²) in [5, 5.41) is 27.4. The molecule has 7 heteroatoms. The number of hydrogen-bond acceptors (Lipinski definition) is 4. The molecule has 0 bridgehead atoms. The second-order valence-electron chi connectivity index (χ2n) is 4.54. The zero-order valence-electron chi connectivity index (χ0n) is 11.1. The van der Waals surface area contributed by atoms with E-state index in [1.807, 2.05) is 6.07 Å². The molecule has 3 N–H and O–H groups in total. The van der Waals surface area contributed by atoms with Gasteiger partial charge in [-0.1, -0.05) is 18.2 Å². The molecule has 0 atom stereocenters. The van der Waals surface area contributed by atoms with Crippen LogP contribution in [0.4, 0.5) is 5.69 Å². The third-order valence-corrected chi connectivity index (χ3v) is 3.73. The maximum absolute atomic E-state index is 12.0. The number of fused-ring (bicyclic) bond motifs is 1. The number of hydrogen-bond donors (Lipinski definition) is 3. The fraction of sp³-hybridized carbons (Fsp3) is 0. The highest BCUT2D eigenvalue weighted by Crippen LogP contribution is 2.35. The molecule has 2 aromatic carbocycles. The summed E-state index contributed by atoms with van der Waals surface area (Å²) >= 11 is 3.13. The van der Waals surface area contributed by atoms with Gasteiger partial charge in [-0.2, -0.15) is 0 Å². The Balaban J connectivity index is 1.94. The van der Waals surface area contributed by atoms with Crippen LogP contribution in [0.2, 0.25) is 0 Å². The van der Waals surface area contributed by atoms with Crippen molar-refractivity contribution in [2.24, 2.45) is 10.2 Å². The number of nitrogens with one attached hydrogen (secondary N) is 1. The van der Waals surface area contributed by atoms with Crippen molar-refractivity contribution >= 4 is 38.4 Å². The monoisotopic (exact) mass is 359 g/mol. The molecule has 6 nitrogen and oxygen atoms in total. The lowest BCUT2D eigenvalue weighted by molar-refractivity contribution is 0.0995. The number of H-pyrrole nitrogens is 1. The quantitative estimate of drug-likeness (QED) is 0.596. The fourth-order valence-electron chi connectivity index (χ4n) is 2.01. The molecule has 0 aliphatic carbocycles. The summed E-state index contributed by atoms with van der Waals surface area (Å²) in [7, 11) is 0. The molecular weight excluding hydrogens is 350 g/mol. The zero-order chi connectivity index (χ0) is 15.7. The van der Waals surface area contributed by atoms with Crippen LogP contribution in [-0.2, 0) is 0 Å². The standard InChI is InChI=1S/C15H10BrN3O3/c16-10-7-8(5-6-12(10)20)14(21)19-18-13-9-3-1-2-4-11(9)17-15(13)22/h1-7,17,20,22H. The van der Waals surface area contributed by atoms with Crippen LogP contribution >= 0.6 is 15.9 Å². The number of aromatic amines is 1. The SMILES string of the molecule is O=C(N=Nc1c(O)[nH]c2ccccc12)c1ccc(O)c(Br)c1. The molecule has 0 fully saturated rings. The summed E-state index contributed by atoms with van der Waals surface area (Å²) in [6.07, 6.45) is 0. The number of carbonyl (C=O) groups excluding carboxylic acids is 1. The number of phenols is 1. The number of rotatable bonds is 2. The Morgan fingerprint density at radius 1 is 1.14 bits per heavy atom. The molecular formula is C15H10BrN3O3. The van der Waals surface area contributed by atoms with Crippen LogP contribution in [-0.4, -0.2) is 21.1 Å². The van der Waals surface area contributed by atoms with E-state index in [-0.39, 0.29) is 22.9 Å². The van der Waals surface area contributed by atoms with E-state index in [1.54, 1.807) is 18.2 Å². The maximum atomic E-state index is 12.0. The van der Waals surface area contributed by atoms with Crippen LogP contribution in [0.15, 0.2) is 57.2 Å². The number of halogens is 1. The number of carbonyl (C=O) groups is 1. The Kier molecular flexibility index (Phi) is 3.64. The molecule has 3 rings (SSSR count). The molecule has 0 unspecified atom stereocenters. The Labute approximate surface area is 133 Å². The fourth-order valence-corrected chi connectivity index (χ4v) is 2.39. The van der Waals surface area contributed by atoms with Crippen LogP contribution < -0.4 is 0 Å². The first-order valence-electron chi connectivity index (χ1n) is 6.30. The second-order valence-corrected chi connectivity index (χ2v) is 5.39. The van der Waals surface area contributed by atoms with E-state index < -0.39 is 5.91 Å². The second kappa shape index (κ2) is 5.61. The summed E-state index contributed by atoms with van der Waals surface area (Å²) in [4.78, 5) is 14.8. The van der Waals surface area contributed by atoms with E-state index in [2.05, 4.69) is 31.1 Å². The molecule has 0 aliphatic heterocycles. The van der Waals surface area contributed by atoms with Gasteiger partial charge in [0, 0.05) is 10.9 Å². The van der Waals surface area contributed by atoms with E-state index in [4.69, 9.17) is 0 Å². The molecule has 0 saturated carbocycles. The van der Waals surface area contributed by atoms with Crippen molar-refractivity contribution in [1.82, 2.24) is 4.98 Å². The van der Waals surface area contributed by atoms with Gasteiger partial charge in [-0.3, -0.25) is 4.79 Å². The maximum Gasteiger partial charge on any atom is 0.295 e. The van der Waals surface area contributed by atoms with Gasteiger partial charge in [0.2, 0.25) is 5.88 Å². The lowest BCUT2D eigenvalue weighted by Crippen LogP contribution is -1.93. The van der Waals surface area contributed by atoms with Gasteiger partial charge < -0.3 is 15.2 Å². The number of aromatic nitrogens is 1. The van der Waals surface area contributed by atoms with Gasteiger partial charge in [0.25, 0.3) is 5.91 Å². The molecule has 0 radical (unpaired) electrons. The Hall–Kier alpha value is -2.67. The number of aromatic hydroxyl groups is 2. The van der Waals surface area contributed by atoms with Gasteiger partial charge >= 0.3 is 0 Å². The van der Waals surface area contributed by atoms with Gasteiger partial charge in [0.1, 0.15) is 5.75 Å². The van der Waals surface area contributed by atoms with Gasteiger partial charge in [-0.25, -0.2) is 0 Å². The highest BCUT2D eigenvalue weighted by molar-refractivity contribution is 9.10. The van der Waals surface area contributed by atoms with Crippen molar-refractivity contribution in [1.29, 1.82) is 0 Å². The first kappa shape index (κ1) is 14.3. The average Bonchev–Trinajstić information content (AvgIpc) is 2.83. The van der Waals surface area contributed by atoms with Crippen molar-refractivity contribution in [2.75, 3.05) is 0 Å². The Morgan fingerprint density at radius 2 is 1.91 bits per heavy atom. The normalized spacial score (nSPS) is 11.3. The largest absolute Gasteiger partial charge is 0.507 e. The number of benzene rings is 2. The van der Waals surface area contributed by atoms with Crippen molar-refractivity contribution in [3.05, 3.63) is 52.5 Å². The molecule has 0 spiro atoms. The molecule has 3 aromatic rings. The number of amides is 1. The average molecular weight is 360 g/mol. The topological polar surface area (TPSA) is 98.0 Å². The van der Waals surface area contributed by atoms with Crippen molar-refractivity contribution in [3.63, 3.8) is 0 Å². The molecule has 1 amide bonds. The Bertz CT molecular complexity index is 902. The van der Waals surface area contributed by atoms with Crippen molar-refractivity contribution in [2.45, 2.75) is 0 Å². The van der Waals surface area contributed by atoms with Gasteiger partial charge in [0.15, 0.2) is 5.69 Å². The van der Waals surface area contributed by atoms with Crippen LogP contribution in [0.5, 0.6) is 11.6 Å². The van der Waals surface area contributed by atoms with Crippen LogP contribution in [0, 0.1) is 0 Å². The molecule has 1 aromatic heterocycles. The summed E-state index contributed by atoms with van der Waals surface area (Å²) in [6, 6.07) is 11.4. The minimum Gasteiger partial charge on any atom is -0.507 e. The van der Waals surface area contributed by atoms with Crippen LogP contribution in [0.3, 0.4) is 0 Å². The van der Waals surface area contributed by atoms with E-state index in [1.165, 1.54) is 18.2 Å². The van der Waals surface area contributed by atoms with Crippen LogP contribution in [0.1, 0.15) is 10.4 Å². The highest BCUT2D eigenvalue weighted by Gasteiger charge is 2.11. The molecule has 0 saturated heterocycles. The highest BCUT2D eigenvalue weighted by atomic mass is 79.9. The smallest absolute Gasteiger partial charge is 0.295 e. The molecule has 1 heterocycles. The van der Waals surface area contributed by atoms with E-state index >= 15 is 0 Å². The number of nitrogens with zero attached hydrogens (tertiary/aromatic N) is 2. The number of phenolic OH excluding ortho intramolecular Hbond substituents is 1. The summed E-state index contributed by atoms with van der Waals surface area (Å²) in [5.74, 6) is -0.697. The summed E-state index contributed by atoms with van der Waals surface area (Å²) in [6.45, 7) is 0. The van der Waals surface area contributed by atoms with Gasteiger partial charge in [-0.05, 0) is 40.2 Å². The van der Waals surface area contributed by atoms with E-state index in [0.717, 1.165) is 0 Å². The molecule has 22 heavy (non-hydrogen) atoms. The van der Waals surface area contributed by atoms with Crippen LogP contribution in [0.25, 0.3) is 10.9 Å². The van der Waals surface area contributed by atoms with E-state index in [9.17, 15) is 15.0 Å². The predicted molar refractivity (Wildman–Crippen MR) is 84.6 cm³/mol. The zero-order valence-corrected chi connectivity index (χ0v) is 12.7.